The molecule has 1 rings (SSSR count). The summed E-state index contributed by atoms with van der Waals surface area (Å²) in [6.45, 7) is 0. The summed E-state index contributed by atoms with van der Waals surface area (Å²) < 4.78 is 1.84. The Balaban J connectivity index is 2.63. The Kier molecular flexibility index (Phi) is 2.82. The standard InChI is InChI=1S/C7H13N3S/c1-10-5-9-6(7(10)8)3-4-11-2/h5H,3-4,8H2,1-2H3. The lowest BCUT2D eigenvalue weighted by Crippen LogP contribution is -1.99. The average Bonchev–Trinajstić information content (AvgIpc) is 2.31. The van der Waals surface area contributed by atoms with Gasteiger partial charge in [0.05, 0.1) is 12.0 Å². The highest BCUT2D eigenvalue weighted by Gasteiger charge is 2.02. The number of imidazole rings is 1. The molecule has 11 heavy (non-hydrogen) atoms. The smallest absolute Gasteiger partial charge is 0.126 e. The van der Waals surface area contributed by atoms with Gasteiger partial charge in [0.15, 0.2) is 0 Å². The summed E-state index contributed by atoms with van der Waals surface area (Å²) in [4.78, 5) is 4.18. The second-order valence-electron chi connectivity index (χ2n) is 2.43. The van der Waals surface area contributed by atoms with E-state index in [0.29, 0.717) is 0 Å². The summed E-state index contributed by atoms with van der Waals surface area (Å²) >= 11 is 1.81. The molecule has 4 heteroatoms. The van der Waals surface area contributed by atoms with E-state index in [4.69, 9.17) is 5.73 Å². The molecular weight excluding hydrogens is 158 g/mol. The molecule has 1 aromatic rings. The molecule has 0 bridgehead atoms. The molecular formula is C7H13N3S. The summed E-state index contributed by atoms with van der Waals surface area (Å²) in [5, 5.41) is 0. The van der Waals surface area contributed by atoms with E-state index in [-0.39, 0.29) is 0 Å². The van der Waals surface area contributed by atoms with Crippen LogP contribution in [0.4, 0.5) is 5.82 Å². The fraction of sp³-hybridized carbons (Fsp3) is 0.571. The fourth-order valence-corrected chi connectivity index (χ4v) is 1.28. The Morgan fingerprint density at radius 2 is 2.45 bits per heavy atom. The van der Waals surface area contributed by atoms with Gasteiger partial charge in [-0.25, -0.2) is 4.98 Å². The third-order valence-electron chi connectivity index (χ3n) is 1.61. The number of hydrogen-bond acceptors (Lipinski definition) is 3. The Labute approximate surface area is 71.0 Å². The molecule has 0 spiro atoms. The van der Waals surface area contributed by atoms with Gasteiger partial charge in [-0.1, -0.05) is 0 Å². The van der Waals surface area contributed by atoms with Crippen LogP contribution in [-0.4, -0.2) is 21.6 Å². The molecule has 0 atom stereocenters. The van der Waals surface area contributed by atoms with Gasteiger partial charge in [-0.15, -0.1) is 0 Å². The number of hydrogen-bond donors (Lipinski definition) is 1. The van der Waals surface area contributed by atoms with Crippen LogP contribution in [0.2, 0.25) is 0 Å². The van der Waals surface area contributed by atoms with Gasteiger partial charge in [-0.3, -0.25) is 0 Å². The third kappa shape index (κ3) is 1.89. The highest BCUT2D eigenvalue weighted by atomic mass is 32.2. The molecule has 0 unspecified atom stereocenters. The summed E-state index contributed by atoms with van der Waals surface area (Å²) in [6.07, 6.45) is 4.80. The SMILES string of the molecule is CSCCc1ncn(C)c1N. The van der Waals surface area contributed by atoms with Crippen LogP contribution in [0.1, 0.15) is 5.69 Å². The predicted molar refractivity (Wildman–Crippen MR) is 49.7 cm³/mol. The Morgan fingerprint density at radius 3 is 2.91 bits per heavy atom. The van der Waals surface area contributed by atoms with Gasteiger partial charge in [0.1, 0.15) is 5.82 Å². The number of rotatable bonds is 3. The number of aromatic nitrogens is 2. The lowest BCUT2D eigenvalue weighted by Gasteiger charge is -1.97. The zero-order valence-electron chi connectivity index (χ0n) is 6.87. The molecule has 62 valence electrons. The van der Waals surface area contributed by atoms with Crippen LogP contribution < -0.4 is 5.73 Å². The fourth-order valence-electron chi connectivity index (χ4n) is 0.880. The Hall–Kier alpha value is -0.640. The molecule has 0 saturated heterocycles. The van der Waals surface area contributed by atoms with Crippen molar-refractivity contribution in [1.29, 1.82) is 0 Å². The first-order chi connectivity index (χ1) is 5.25. The topological polar surface area (TPSA) is 43.8 Å². The van der Waals surface area contributed by atoms with Gasteiger partial charge < -0.3 is 10.3 Å². The van der Waals surface area contributed by atoms with Crippen molar-refractivity contribution in [3.05, 3.63) is 12.0 Å². The minimum atomic E-state index is 0.791. The summed E-state index contributed by atoms with van der Waals surface area (Å²) in [6, 6.07) is 0. The molecule has 0 fully saturated rings. The quantitative estimate of drug-likeness (QED) is 0.735. The van der Waals surface area contributed by atoms with E-state index < -0.39 is 0 Å². The number of nitrogens with zero attached hydrogens (tertiary/aromatic N) is 2. The van der Waals surface area contributed by atoms with Crippen LogP contribution in [-0.2, 0) is 13.5 Å². The van der Waals surface area contributed by atoms with Crippen LogP contribution in [0.3, 0.4) is 0 Å². The van der Waals surface area contributed by atoms with Gasteiger partial charge in [0.2, 0.25) is 0 Å². The third-order valence-corrected chi connectivity index (χ3v) is 2.22. The molecule has 0 saturated carbocycles. The highest BCUT2D eigenvalue weighted by Crippen LogP contribution is 2.10. The molecule has 3 nitrogen and oxygen atoms in total. The van der Waals surface area contributed by atoms with Crippen LogP contribution in [0.15, 0.2) is 6.33 Å². The molecule has 0 aliphatic heterocycles. The zero-order chi connectivity index (χ0) is 8.27. The van der Waals surface area contributed by atoms with Crippen molar-refractivity contribution >= 4 is 17.6 Å². The molecule has 0 amide bonds. The second-order valence-corrected chi connectivity index (χ2v) is 3.42. The van der Waals surface area contributed by atoms with E-state index in [2.05, 4.69) is 11.2 Å². The molecule has 0 aliphatic carbocycles. The van der Waals surface area contributed by atoms with Crippen molar-refractivity contribution in [3.63, 3.8) is 0 Å². The number of nitrogen functional groups attached to an aromatic ring is 1. The summed E-state index contributed by atoms with van der Waals surface area (Å²) in [5.41, 5.74) is 6.75. The largest absolute Gasteiger partial charge is 0.384 e. The van der Waals surface area contributed by atoms with Crippen LogP contribution in [0, 0.1) is 0 Å². The normalized spacial score (nSPS) is 10.4. The van der Waals surface area contributed by atoms with Gasteiger partial charge in [0, 0.05) is 13.5 Å². The lowest BCUT2D eigenvalue weighted by atomic mass is 10.3. The minimum Gasteiger partial charge on any atom is -0.384 e. The zero-order valence-corrected chi connectivity index (χ0v) is 7.69. The molecule has 0 aromatic carbocycles. The van der Waals surface area contributed by atoms with Gasteiger partial charge >= 0.3 is 0 Å². The van der Waals surface area contributed by atoms with Crippen molar-refractivity contribution in [2.75, 3.05) is 17.7 Å². The maximum Gasteiger partial charge on any atom is 0.126 e. The lowest BCUT2D eigenvalue weighted by molar-refractivity contribution is 0.925. The van der Waals surface area contributed by atoms with E-state index in [1.54, 1.807) is 6.33 Å². The first kappa shape index (κ1) is 8.46. The van der Waals surface area contributed by atoms with E-state index in [1.807, 2.05) is 23.4 Å². The molecule has 0 aliphatic rings. The first-order valence-corrected chi connectivity index (χ1v) is 4.89. The van der Waals surface area contributed by atoms with Crippen molar-refractivity contribution in [3.8, 4) is 0 Å². The number of anilines is 1. The number of thioether (sulfide) groups is 1. The van der Waals surface area contributed by atoms with Crippen LogP contribution in [0.5, 0.6) is 0 Å². The monoisotopic (exact) mass is 171 g/mol. The number of nitrogens with two attached hydrogens (primary N) is 1. The van der Waals surface area contributed by atoms with E-state index >= 15 is 0 Å². The number of aryl methyl sites for hydroxylation is 2. The summed E-state index contributed by atoms with van der Waals surface area (Å²) in [5.74, 6) is 1.88. The first-order valence-electron chi connectivity index (χ1n) is 3.50. The maximum absolute atomic E-state index is 5.73. The van der Waals surface area contributed by atoms with Crippen LogP contribution >= 0.6 is 11.8 Å². The highest BCUT2D eigenvalue weighted by molar-refractivity contribution is 7.98. The summed E-state index contributed by atoms with van der Waals surface area (Å²) in [7, 11) is 1.91. The van der Waals surface area contributed by atoms with Gasteiger partial charge in [0.25, 0.3) is 0 Å². The van der Waals surface area contributed by atoms with E-state index in [1.165, 1.54) is 0 Å². The molecule has 1 heterocycles. The van der Waals surface area contributed by atoms with Gasteiger partial charge in [-0.05, 0) is 12.0 Å². The molecule has 0 radical (unpaired) electrons. The average molecular weight is 171 g/mol. The molecule has 1 aromatic heterocycles. The van der Waals surface area contributed by atoms with Crippen LogP contribution in [0.25, 0.3) is 0 Å². The Bertz CT molecular complexity index is 232. The van der Waals surface area contributed by atoms with Crippen molar-refractivity contribution < 1.29 is 0 Å². The van der Waals surface area contributed by atoms with Crippen molar-refractivity contribution in [2.24, 2.45) is 7.05 Å². The molecule has 2 N–H and O–H groups in total. The van der Waals surface area contributed by atoms with E-state index in [0.717, 1.165) is 23.7 Å². The second kappa shape index (κ2) is 3.67. The maximum atomic E-state index is 5.73. The minimum absolute atomic E-state index is 0.791. The van der Waals surface area contributed by atoms with Crippen molar-refractivity contribution in [1.82, 2.24) is 9.55 Å². The predicted octanol–water partition coefficient (Wildman–Crippen LogP) is 0.908. The Morgan fingerprint density at radius 1 is 1.73 bits per heavy atom. The van der Waals surface area contributed by atoms with E-state index in [9.17, 15) is 0 Å². The van der Waals surface area contributed by atoms with Crippen molar-refractivity contribution in [2.45, 2.75) is 6.42 Å². The van der Waals surface area contributed by atoms with Gasteiger partial charge in [-0.2, -0.15) is 11.8 Å².